The van der Waals surface area contributed by atoms with Gasteiger partial charge in [0.25, 0.3) is 0 Å². The van der Waals surface area contributed by atoms with E-state index in [-0.39, 0.29) is 42.2 Å². The number of carbonyl (C=O) groups excluding carboxylic acids is 4. The molecule has 0 bridgehead atoms. The molecule has 3 aromatic rings. The summed E-state index contributed by atoms with van der Waals surface area (Å²) in [6.07, 6.45) is 4.10. The van der Waals surface area contributed by atoms with Crippen molar-refractivity contribution in [2.24, 2.45) is 29.1 Å². The van der Waals surface area contributed by atoms with Crippen LogP contribution in [-0.4, -0.2) is 41.9 Å². The van der Waals surface area contributed by atoms with Gasteiger partial charge in [-0.3, -0.25) is 24.1 Å². The summed E-state index contributed by atoms with van der Waals surface area (Å²) < 4.78 is 20.1. The van der Waals surface area contributed by atoms with Crippen LogP contribution in [0.2, 0.25) is 5.02 Å². The van der Waals surface area contributed by atoms with Gasteiger partial charge in [0.05, 0.1) is 46.2 Å². The van der Waals surface area contributed by atoms with Crippen molar-refractivity contribution in [3.63, 3.8) is 0 Å². The minimum atomic E-state index is -1.32. The van der Waals surface area contributed by atoms with Gasteiger partial charge in [0.15, 0.2) is 0 Å². The van der Waals surface area contributed by atoms with Crippen molar-refractivity contribution in [3.8, 4) is 5.75 Å². The lowest BCUT2D eigenvalue weighted by Crippen LogP contribution is -2.49. The summed E-state index contributed by atoms with van der Waals surface area (Å²) in [5.41, 5.74) is 1.58. The van der Waals surface area contributed by atoms with Crippen LogP contribution < -0.4 is 14.5 Å². The van der Waals surface area contributed by atoms with E-state index < -0.39 is 52.6 Å². The lowest BCUT2D eigenvalue weighted by Gasteiger charge is -2.49. The fourth-order valence-corrected chi connectivity index (χ4v) is 8.42. The third-order valence-corrected chi connectivity index (χ3v) is 10.7. The number of aliphatic hydroxyl groups is 1. The number of hydrogen-bond acceptors (Lipinski definition) is 6. The van der Waals surface area contributed by atoms with Gasteiger partial charge in [-0.15, -0.1) is 0 Å². The van der Waals surface area contributed by atoms with Gasteiger partial charge in [0, 0.05) is 11.5 Å². The number of rotatable bonds is 7. The van der Waals surface area contributed by atoms with Crippen LogP contribution in [0.25, 0.3) is 6.08 Å². The number of aliphatic hydroxyl groups excluding tert-OH is 1. The number of anilines is 2. The largest absolute Gasteiger partial charge is 0.491 e. The van der Waals surface area contributed by atoms with Gasteiger partial charge in [0.1, 0.15) is 18.2 Å². The summed E-state index contributed by atoms with van der Waals surface area (Å²) in [4.78, 5) is 59.4. The second kappa shape index (κ2) is 11.6. The fraction of sp³-hybridized carbons (Fsp3) is 0.297. The number of benzene rings is 3. The first-order valence-electron chi connectivity index (χ1n) is 15.6. The zero-order chi connectivity index (χ0) is 33.2. The van der Waals surface area contributed by atoms with Crippen molar-refractivity contribution < 1.29 is 33.4 Å². The predicted octanol–water partition coefficient (Wildman–Crippen LogP) is 5.93. The number of amides is 4. The Morgan fingerprint density at radius 1 is 0.979 bits per heavy atom. The van der Waals surface area contributed by atoms with E-state index in [0.29, 0.717) is 23.4 Å². The van der Waals surface area contributed by atoms with E-state index in [4.69, 9.17) is 16.3 Å². The van der Waals surface area contributed by atoms with Crippen molar-refractivity contribution in [2.75, 3.05) is 23.0 Å². The zero-order valence-corrected chi connectivity index (χ0v) is 26.3. The smallest absolute Gasteiger partial charge is 0.241 e. The van der Waals surface area contributed by atoms with Crippen LogP contribution in [0.4, 0.5) is 15.8 Å². The molecule has 240 valence electrons. The average molecular weight is 655 g/mol. The first-order chi connectivity index (χ1) is 22.6. The Hall–Kier alpha value is -4.60. The Kier molecular flexibility index (Phi) is 7.64. The summed E-state index contributed by atoms with van der Waals surface area (Å²) >= 11 is 6.09. The molecule has 3 fully saturated rings. The maximum atomic E-state index is 14.6. The van der Waals surface area contributed by atoms with Gasteiger partial charge in [0.2, 0.25) is 23.6 Å². The third kappa shape index (κ3) is 4.58. The van der Waals surface area contributed by atoms with Gasteiger partial charge in [-0.2, -0.15) is 0 Å². The fourth-order valence-electron chi connectivity index (χ4n) is 8.25. The van der Waals surface area contributed by atoms with Crippen molar-refractivity contribution in [1.29, 1.82) is 0 Å². The molecule has 4 amide bonds. The van der Waals surface area contributed by atoms with Crippen molar-refractivity contribution in [3.05, 3.63) is 107 Å². The lowest BCUT2D eigenvalue weighted by atomic mass is 9.51. The number of para-hydroxylation sites is 1. The van der Waals surface area contributed by atoms with Gasteiger partial charge < -0.3 is 9.84 Å². The van der Waals surface area contributed by atoms with Crippen LogP contribution in [-0.2, 0) is 19.2 Å². The molecular formula is C37H32ClFN2O6. The summed E-state index contributed by atoms with van der Waals surface area (Å²) in [7, 11) is 0. The van der Waals surface area contributed by atoms with Crippen LogP contribution >= 0.6 is 11.6 Å². The van der Waals surface area contributed by atoms with E-state index in [1.807, 2.05) is 18.2 Å². The molecule has 47 heavy (non-hydrogen) atoms. The number of halogens is 2. The van der Waals surface area contributed by atoms with Gasteiger partial charge in [-0.25, -0.2) is 9.29 Å². The van der Waals surface area contributed by atoms with Crippen molar-refractivity contribution in [1.82, 2.24) is 0 Å². The highest BCUT2D eigenvalue weighted by Gasteiger charge is 2.68. The number of nitrogens with zero attached hydrogens (tertiary/aromatic N) is 2. The second-order valence-electron chi connectivity index (χ2n) is 12.7. The van der Waals surface area contributed by atoms with Crippen LogP contribution in [0.5, 0.6) is 5.75 Å². The summed E-state index contributed by atoms with van der Waals surface area (Å²) in [6, 6.07) is 17.9. The highest BCUT2D eigenvalue weighted by atomic mass is 35.5. The Morgan fingerprint density at radius 3 is 2.40 bits per heavy atom. The van der Waals surface area contributed by atoms with Gasteiger partial charge >= 0.3 is 0 Å². The standard InChI is InChI=1S/C37H32ClFN2O6/c1-3-20-8-10-21(11-9-20)40-33(43)25-14-13-23-26(31(25)35(40)45)19-27-34(44)41(22-12-15-29(39)28(38)18-22)36(46)37(27,2)32(23)24-6-4-5-7-30(24)47-17-16-42/h3-13,15,18,25-27,31-32,42H,1,14,16-17,19H2,2H3/t25-,26+,27-,31-,32+,37+/m0/s1. The molecule has 3 aromatic carbocycles. The van der Waals surface area contributed by atoms with Crippen LogP contribution in [0, 0.1) is 34.9 Å². The predicted molar refractivity (Wildman–Crippen MR) is 174 cm³/mol. The molecule has 0 unspecified atom stereocenters. The van der Waals surface area contributed by atoms with Crippen LogP contribution in [0.15, 0.2) is 85.0 Å². The summed E-state index contributed by atoms with van der Waals surface area (Å²) in [5.74, 6) is -5.30. The zero-order valence-electron chi connectivity index (χ0n) is 25.6. The van der Waals surface area contributed by atoms with E-state index >= 15 is 0 Å². The molecule has 7 rings (SSSR count). The molecule has 1 saturated carbocycles. The van der Waals surface area contributed by atoms with E-state index in [1.54, 1.807) is 49.4 Å². The maximum absolute atomic E-state index is 14.6. The Balaban J connectivity index is 1.36. The van der Waals surface area contributed by atoms with E-state index in [9.17, 15) is 28.7 Å². The number of allylic oxidation sites excluding steroid dienone is 2. The minimum absolute atomic E-state index is 0.0106. The monoisotopic (exact) mass is 654 g/mol. The van der Waals surface area contributed by atoms with E-state index in [2.05, 4.69) is 6.58 Å². The molecule has 0 spiro atoms. The molecule has 0 aromatic heterocycles. The first-order valence-corrected chi connectivity index (χ1v) is 16.0. The number of carbonyl (C=O) groups is 4. The second-order valence-corrected chi connectivity index (χ2v) is 13.1. The van der Waals surface area contributed by atoms with Crippen LogP contribution in [0.3, 0.4) is 0 Å². The number of fused-ring (bicyclic) bond motifs is 4. The van der Waals surface area contributed by atoms with Crippen molar-refractivity contribution >= 4 is 52.7 Å². The number of imide groups is 2. The SMILES string of the molecule is C=Cc1ccc(N2C(=O)[C@H]3[C@H](CC=C4[C@H]3C[C@H]3C(=O)N(c5ccc(F)c(Cl)c5)C(=O)[C@@]3(C)[C@H]4c3ccccc3OCCO)C2=O)cc1. The van der Waals surface area contributed by atoms with Crippen LogP contribution in [0.1, 0.15) is 36.8 Å². The van der Waals surface area contributed by atoms with Gasteiger partial charge in [-0.05, 0) is 67.6 Å². The average Bonchev–Trinajstić information content (AvgIpc) is 3.44. The summed E-state index contributed by atoms with van der Waals surface area (Å²) in [6.45, 7) is 5.31. The molecule has 8 nitrogen and oxygen atoms in total. The van der Waals surface area contributed by atoms with Gasteiger partial charge in [-0.1, -0.05) is 66.2 Å². The molecule has 2 saturated heterocycles. The highest BCUT2D eigenvalue weighted by Crippen LogP contribution is 2.64. The topological polar surface area (TPSA) is 104 Å². The Bertz CT molecular complexity index is 1870. The molecule has 10 heteroatoms. The quantitative estimate of drug-likeness (QED) is 0.250. The summed E-state index contributed by atoms with van der Waals surface area (Å²) in [5, 5.41) is 9.32. The number of ether oxygens (including phenoxy) is 1. The maximum Gasteiger partial charge on any atom is 0.241 e. The molecule has 2 aliphatic carbocycles. The Morgan fingerprint density at radius 2 is 1.70 bits per heavy atom. The molecule has 6 atom stereocenters. The molecule has 1 N–H and O–H groups in total. The number of hydrogen-bond donors (Lipinski definition) is 1. The Labute approximate surface area is 276 Å². The molecule has 4 aliphatic rings. The first kappa shape index (κ1) is 31.0. The third-order valence-electron chi connectivity index (χ3n) is 10.4. The van der Waals surface area contributed by atoms with Crippen molar-refractivity contribution in [2.45, 2.75) is 25.7 Å². The minimum Gasteiger partial charge on any atom is -0.491 e. The lowest BCUT2D eigenvalue weighted by molar-refractivity contribution is -0.131. The van der Waals surface area contributed by atoms with E-state index in [0.717, 1.165) is 22.1 Å². The molecular weight excluding hydrogens is 623 g/mol. The normalized spacial score (nSPS) is 28.2. The molecule has 2 heterocycles. The molecule has 0 radical (unpaired) electrons. The van der Waals surface area contributed by atoms with E-state index in [1.165, 1.54) is 17.0 Å². The molecule has 2 aliphatic heterocycles. The highest BCUT2D eigenvalue weighted by molar-refractivity contribution is 6.32.